The van der Waals surface area contributed by atoms with Gasteiger partial charge in [-0.2, -0.15) is 0 Å². The number of carbonyl (C=O) groups excluding carboxylic acids is 3. The number of aryl methyl sites for hydroxylation is 1. The number of para-hydroxylation sites is 1. The molecule has 0 aliphatic heterocycles. The summed E-state index contributed by atoms with van der Waals surface area (Å²) in [6.45, 7) is 11.4. The Morgan fingerprint density at radius 2 is 1.64 bits per heavy atom. The lowest BCUT2D eigenvalue weighted by Crippen LogP contribution is -2.59. The smallest absolute Gasteiger partial charge is 0.408 e. The second-order valence-corrected chi connectivity index (χ2v) is 10.9. The number of methoxy groups -OCH3 is 1. The zero-order valence-electron chi connectivity index (χ0n) is 24.0. The lowest BCUT2D eigenvalue weighted by atomic mass is 9.91. The van der Waals surface area contributed by atoms with Gasteiger partial charge in [-0.1, -0.05) is 25.1 Å². The van der Waals surface area contributed by atoms with Gasteiger partial charge in [-0.05, 0) is 77.8 Å². The highest BCUT2D eigenvalue weighted by atomic mass is 16.6. The highest BCUT2D eigenvalue weighted by molar-refractivity contribution is 5.99. The molecule has 39 heavy (non-hydrogen) atoms. The van der Waals surface area contributed by atoms with Crippen molar-refractivity contribution in [3.8, 4) is 11.5 Å². The SMILES string of the molecule is CCC(C)(C)N(C(=O)C(CO)NC(=O)OC(C)(C)C)C(C(=O)Nc1ccc(OC)cc1)c1cccc(C)c1O. The molecule has 0 fully saturated rings. The molecule has 0 heterocycles. The van der Waals surface area contributed by atoms with E-state index in [9.17, 15) is 24.6 Å². The molecular formula is C29H41N3O7. The molecule has 2 aromatic carbocycles. The Balaban J connectivity index is 2.62. The van der Waals surface area contributed by atoms with Gasteiger partial charge in [0.15, 0.2) is 0 Å². The lowest BCUT2D eigenvalue weighted by molar-refractivity contribution is -0.148. The molecule has 2 rings (SSSR count). The van der Waals surface area contributed by atoms with Crippen molar-refractivity contribution in [1.29, 1.82) is 0 Å². The van der Waals surface area contributed by atoms with Crippen molar-refractivity contribution in [2.75, 3.05) is 19.0 Å². The van der Waals surface area contributed by atoms with Crippen LogP contribution in [-0.2, 0) is 14.3 Å². The average molecular weight is 544 g/mol. The molecule has 0 spiro atoms. The summed E-state index contributed by atoms with van der Waals surface area (Å²) in [7, 11) is 1.53. The average Bonchev–Trinajstić information content (AvgIpc) is 2.86. The van der Waals surface area contributed by atoms with Crippen molar-refractivity contribution in [2.24, 2.45) is 0 Å². The van der Waals surface area contributed by atoms with E-state index in [1.807, 2.05) is 6.92 Å². The number of phenols is 1. The molecule has 0 bridgehead atoms. The van der Waals surface area contributed by atoms with Crippen LogP contribution in [0.3, 0.4) is 0 Å². The molecule has 0 aliphatic carbocycles. The van der Waals surface area contributed by atoms with Crippen LogP contribution in [0.2, 0.25) is 0 Å². The predicted molar refractivity (Wildman–Crippen MR) is 149 cm³/mol. The Hall–Kier alpha value is -3.79. The van der Waals surface area contributed by atoms with Gasteiger partial charge in [0, 0.05) is 16.8 Å². The van der Waals surface area contributed by atoms with Gasteiger partial charge in [0.2, 0.25) is 5.91 Å². The highest BCUT2D eigenvalue weighted by Crippen LogP contribution is 2.37. The van der Waals surface area contributed by atoms with Crippen LogP contribution in [0.25, 0.3) is 0 Å². The summed E-state index contributed by atoms with van der Waals surface area (Å²) in [6.07, 6.45) is -0.468. The molecule has 0 aromatic heterocycles. The van der Waals surface area contributed by atoms with Crippen LogP contribution in [0.4, 0.5) is 10.5 Å². The van der Waals surface area contributed by atoms with Crippen LogP contribution in [0.5, 0.6) is 11.5 Å². The monoisotopic (exact) mass is 543 g/mol. The maximum atomic E-state index is 14.1. The number of anilines is 1. The molecule has 4 N–H and O–H groups in total. The molecule has 214 valence electrons. The first kappa shape index (κ1) is 31.4. The lowest BCUT2D eigenvalue weighted by Gasteiger charge is -2.44. The molecule has 10 nitrogen and oxygen atoms in total. The van der Waals surface area contributed by atoms with Gasteiger partial charge < -0.3 is 35.2 Å². The quantitative estimate of drug-likeness (QED) is 0.351. The van der Waals surface area contributed by atoms with Crippen molar-refractivity contribution in [3.63, 3.8) is 0 Å². The summed E-state index contributed by atoms with van der Waals surface area (Å²) in [5, 5.41) is 26.4. The summed E-state index contributed by atoms with van der Waals surface area (Å²) in [6, 6.07) is 8.89. The van der Waals surface area contributed by atoms with E-state index in [2.05, 4.69) is 10.6 Å². The normalized spacial score (nSPS) is 13.2. The summed E-state index contributed by atoms with van der Waals surface area (Å²) in [4.78, 5) is 41.8. The van der Waals surface area contributed by atoms with Crippen molar-refractivity contribution < 1.29 is 34.1 Å². The number of carbonyl (C=O) groups is 3. The first-order chi connectivity index (χ1) is 18.1. The number of alkyl carbamates (subject to hydrolysis) is 1. The minimum atomic E-state index is -1.41. The molecule has 3 amide bonds. The zero-order chi connectivity index (χ0) is 29.5. The first-order valence-corrected chi connectivity index (χ1v) is 12.8. The number of aliphatic hydroxyl groups is 1. The van der Waals surface area contributed by atoms with Gasteiger partial charge in [-0.3, -0.25) is 9.59 Å². The third kappa shape index (κ3) is 8.10. The second-order valence-electron chi connectivity index (χ2n) is 10.9. The van der Waals surface area contributed by atoms with Crippen LogP contribution in [0.15, 0.2) is 42.5 Å². The highest BCUT2D eigenvalue weighted by Gasteiger charge is 2.44. The number of amides is 3. The minimum Gasteiger partial charge on any atom is -0.507 e. The number of aliphatic hydroxyl groups excluding tert-OH is 1. The molecule has 0 radical (unpaired) electrons. The molecule has 10 heteroatoms. The van der Waals surface area contributed by atoms with Crippen LogP contribution in [-0.4, -0.2) is 63.9 Å². The third-order valence-electron chi connectivity index (χ3n) is 6.35. The van der Waals surface area contributed by atoms with Crippen molar-refractivity contribution in [1.82, 2.24) is 10.2 Å². The number of nitrogens with one attached hydrogen (secondary N) is 2. The van der Waals surface area contributed by atoms with Crippen molar-refractivity contribution in [2.45, 2.75) is 78.1 Å². The number of rotatable bonds is 10. The van der Waals surface area contributed by atoms with Gasteiger partial charge in [-0.15, -0.1) is 0 Å². The minimum absolute atomic E-state index is 0.141. The third-order valence-corrected chi connectivity index (χ3v) is 6.35. The second kappa shape index (κ2) is 12.8. The van der Waals surface area contributed by atoms with E-state index in [0.29, 0.717) is 23.4 Å². The molecule has 2 atom stereocenters. The standard InChI is InChI=1S/C29H41N3O7/c1-9-29(6,7)32(26(36)22(17-33)31-27(37)39-28(3,4)5)23(21-12-10-11-18(2)24(21)34)25(35)30-19-13-15-20(38-8)16-14-19/h10-16,22-23,33-34H,9,17H2,1-8H3,(H,30,35)(H,31,37). The fourth-order valence-electron chi connectivity index (χ4n) is 3.93. The number of aromatic hydroxyl groups is 1. The van der Waals surface area contributed by atoms with Crippen LogP contribution in [0, 0.1) is 6.92 Å². The van der Waals surface area contributed by atoms with Gasteiger partial charge in [0.05, 0.1) is 13.7 Å². The van der Waals surface area contributed by atoms with Crippen LogP contribution >= 0.6 is 0 Å². The largest absolute Gasteiger partial charge is 0.507 e. The molecule has 2 aromatic rings. The molecule has 2 unspecified atom stereocenters. The van der Waals surface area contributed by atoms with Crippen LogP contribution in [0.1, 0.15) is 65.1 Å². The summed E-state index contributed by atoms with van der Waals surface area (Å²) < 4.78 is 10.5. The van der Waals surface area contributed by atoms with E-state index in [1.54, 1.807) is 84.0 Å². The Bertz CT molecular complexity index is 1160. The topological polar surface area (TPSA) is 137 Å². The number of phenolic OH excluding ortho intramolecular Hbond substituents is 1. The molecular weight excluding hydrogens is 502 g/mol. The van der Waals surface area contributed by atoms with E-state index in [0.717, 1.165) is 0 Å². The number of benzene rings is 2. The van der Waals surface area contributed by atoms with E-state index in [4.69, 9.17) is 9.47 Å². The summed E-state index contributed by atoms with van der Waals surface area (Å²) in [5.74, 6) is -0.850. The Kier molecular flexibility index (Phi) is 10.3. The summed E-state index contributed by atoms with van der Waals surface area (Å²) >= 11 is 0. The molecule has 0 saturated heterocycles. The molecule has 0 aliphatic rings. The Morgan fingerprint density at radius 3 is 2.15 bits per heavy atom. The van der Waals surface area contributed by atoms with Gasteiger partial charge in [-0.25, -0.2) is 4.79 Å². The number of ether oxygens (including phenoxy) is 2. The maximum absolute atomic E-state index is 14.1. The van der Waals surface area contributed by atoms with Gasteiger partial charge >= 0.3 is 6.09 Å². The number of nitrogens with zero attached hydrogens (tertiary/aromatic N) is 1. The van der Waals surface area contributed by atoms with Gasteiger partial charge in [0.25, 0.3) is 5.91 Å². The predicted octanol–water partition coefficient (Wildman–Crippen LogP) is 4.29. The van der Waals surface area contributed by atoms with Crippen molar-refractivity contribution in [3.05, 3.63) is 53.6 Å². The fourth-order valence-corrected chi connectivity index (χ4v) is 3.93. The van der Waals surface area contributed by atoms with E-state index in [-0.39, 0.29) is 11.3 Å². The van der Waals surface area contributed by atoms with E-state index >= 15 is 0 Å². The van der Waals surface area contributed by atoms with E-state index < -0.39 is 47.7 Å². The first-order valence-electron chi connectivity index (χ1n) is 12.8. The fraction of sp³-hybridized carbons (Fsp3) is 0.483. The van der Waals surface area contributed by atoms with Crippen LogP contribution < -0.4 is 15.4 Å². The maximum Gasteiger partial charge on any atom is 0.408 e. The number of hydrogen-bond donors (Lipinski definition) is 4. The number of hydrogen-bond acceptors (Lipinski definition) is 7. The molecule has 0 saturated carbocycles. The Labute approximate surface area is 230 Å². The summed E-state index contributed by atoms with van der Waals surface area (Å²) in [5.41, 5.74) is -0.612. The van der Waals surface area contributed by atoms with E-state index in [1.165, 1.54) is 12.0 Å². The van der Waals surface area contributed by atoms with Gasteiger partial charge in [0.1, 0.15) is 29.2 Å². The van der Waals surface area contributed by atoms with Crippen molar-refractivity contribution >= 4 is 23.6 Å². The zero-order valence-corrected chi connectivity index (χ0v) is 24.0. The Morgan fingerprint density at radius 1 is 1.03 bits per heavy atom.